The van der Waals surface area contributed by atoms with Crippen LogP contribution in [0.4, 0.5) is 5.69 Å². The molecule has 2 aliphatic carbocycles. The SMILES string of the molecule is C=CCOC12Oc3ccc(OCCN4CC4)cc3C3C(CCCCO)C(CCCCO)C=C(C(=NOC4CCCCO4)CC1N(Cc1ccc4c(c1)OCO4)C(=O)C=Cc1ccc([N+](=O)[O-])cc1)C32. The van der Waals surface area contributed by atoms with Crippen molar-refractivity contribution in [3.8, 4) is 23.0 Å². The van der Waals surface area contributed by atoms with Gasteiger partial charge in [0.1, 0.15) is 24.1 Å². The number of carbonyl (C=O) groups excluding carboxylic acids is 1. The van der Waals surface area contributed by atoms with Crippen LogP contribution >= 0.6 is 0 Å². The second kappa shape index (κ2) is 22.3. The van der Waals surface area contributed by atoms with Crippen molar-refractivity contribution in [1.29, 1.82) is 0 Å². The fourth-order valence-electron chi connectivity index (χ4n) is 10.8. The van der Waals surface area contributed by atoms with Gasteiger partial charge in [-0.1, -0.05) is 36.2 Å². The maximum absolute atomic E-state index is 15.3. The summed E-state index contributed by atoms with van der Waals surface area (Å²) in [6.07, 6.45) is 13.8. The van der Waals surface area contributed by atoms with Crippen molar-refractivity contribution in [2.24, 2.45) is 22.9 Å². The smallest absolute Gasteiger partial charge is 0.269 e. The molecule has 4 heterocycles. The van der Waals surface area contributed by atoms with E-state index in [1.54, 1.807) is 29.2 Å². The van der Waals surface area contributed by atoms with E-state index in [4.69, 9.17) is 38.4 Å². The number of amides is 1. The van der Waals surface area contributed by atoms with Crippen LogP contribution in [0.3, 0.4) is 0 Å². The average molecular weight is 949 g/mol. The van der Waals surface area contributed by atoms with Crippen LogP contribution in [0.15, 0.2) is 96.2 Å². The highest BCUT2D eigenvalue weighted by Gasteiger charge is 2.65. The predicted molar refractivity (Wildman–Crippen MR) is 257 cm³/mol. The Kier molecular flexibility index (Phi) is 15.6. The van der Waals surface area contributed by atoms with Crippen LogP contribution in [0.25, 0.3) is 6.08 Å². The number of allylic oxidation sites excluding steroid dienone is 1. The van der Waals surface area contributed by atoms with E-state index in [1.807, 2.05) is 30.3 Å². The summed E-state index contributed by atoms with van der Waals surface area (Å²) in [5, 5.41) is 36.6. The highest BCUT2D eigenvalue weighted by Crippen LogP contribution is 2.62. The Hall–Kier alpha value is -5.78. The Bertz CT molecular complexity index is 2380. The van der Waals surface area contributed by atoms with Crippen LogP contribution in [-0.2, 0) is 25.7 Å². The minimum Gasteiger partial charge on any atom is -0.492 e. The maximum Gasteiger partial charge on any atom is 0.269 e. The Morgan fingerprint density at radius 2 is 1.78 bits per heavy atom. The summed E-state index contributed by atoms with van der Waals surface area (Å²) in [5.74, 6) is -0.0656. The molecule has 16 nitrogen and oxygen atoms in total. The lowest BCUT2D eigenvalue weighted by Gasteiger charge is -2.60. The number of aliphatic hydroxyl groups is 2. The molecule has 9 rings (SSSR count). The van der Waals surface area contributed by atoms with Gasteiger partial charge in [0.05, 0.1) is 29.8 Å². The lowest BCUT2D eigenvalue weighted by atomic mass is 9.55. The summed E-state index contributed by atoms with van der Waals surface area (Å²) in [6.45, 7) is 8.61. The number of hydrogen-bond acceptors (Lipinski definition) is 14. The number of ether oxygens (including phenoxy) is 6. The molecule has 1 amide bonds. The Morgan fingerprint density at radius 3 is 2.54 bits per heavy atom. The van der Waals surface area contributed by atoms with Crippen molar-refractivity contribution in [2.45, 2.75) is 94.8 Å². The topological polar surface area (TPSA) is 184 Å². The fourth-order valence-corrected chi connectivity index (χ4v) is 10.8. The number of carbonyl (C=O) groups is 1. The summed E-state index contributed by atoms with van der Waals surface area (Å²) in [7, 11) is 0. The molecule has 6 aliphatic rings. The first kappa shape index (κ1) is 48.3. The second-order valence-corrected chi connectivity index (χ2v) is 18.7. The zero-order valence-corrected chi connectivity index (χ0v) is 39.2. The van der Waals surface area contributed by atoms with Gasteiger partial charge in [0, 0.05) is 81.9 Å². The van der Waals surface area contributed by atoms with E-state index in [0.29, 0.717) is 61.0 Å². The maximum atomic E-state index is 15.3. The number of oxime groups is 1. The molecule has 3 aromatic rings. The number of fused-ring (bicyclic) bond motifs is 3. The molecule has 368 valence electrons. The first-order valence-electron chi connectivity index (χ1n) is 24.6. The van der Waals surface area contributed by atoms with E-state index in [2.05, 4.69) is 23.6 Å². The molecule has 0 spiro atoms. The fraction of sp³-hybridized carbons (Fsp3) is 0.509. The molecule has 2 saturated heterocycles. The summed E-state index contributed by atoms with van der Waals surface area (Å²) in [4.78, 5) is 36.8. The Labute approximate surface area is 403 Å². The number of nitro benzene ring substituents is 1. The minimum absolute atomic E-state index is 0.0221. The van der Waals surface area contributed by atoms with Crippen molar-refractivity contribution in [3.63, 3.8) is 0 Å². The van der Waals surface area contributed by atoms with Crippen LogP contribution in [0.5, 0.6) is 23.0 Å². The van der Waals surface area contributed by atoms with Crippen LogP contribution in [0.2, 0.25) is 0 Å². The van der Waals surface area contributed by atoms with Crippen LogP contribution in [0.1, 0.15) is 86.8 Å². The van der Waals surface area contributed by atoms with Crippen molar-refractivity contribution < 1.29 is 53.2 Å². The third kappa shape index (κ3) is 11.0. The summed E-state index contributed by atoms with van der Waals surface area (Å²) >= 11 is 0. The molecule has 69 heavy (non-hydrogen) atoms. The summed E-state index contributed by atoms with van der Waals surface area (Å²) in [5.41, 5.74) is 3.86. The highest BCUT2D eigenvalue weighted by atomic mass is 16.8. The van der Waals surface area contributed by atoms with Crippen molar-refractivity contribution in [3.05, 3.63) is 118 Å². The van der Waals surface area contributed by atoms with Gasteiger partial charge in [0.25, 0.3) is 5.69 Å². The number of nitrogens with zero attached hydrogens (tertiary/aromatic N) is 4. The van der Waals surface area contributed by atoms with Gasteiger partial charge in [-0.25, -0.2) is 0 Å². The largest absolute Gasteiger partial charge is 0.492 e. The van der Waals surface area contributed by atoms with Crippen molar-refractivity contribution in [1.82, 2.24) is 9.80 Å². The van der Waals surface area contributed by atoms with Gasteiger partial charge in [0.15, 0.2) is 11.5 Å². The lowest BCUT2D eigenvalue weighted by Crippen LogP contribution is -2.70. The molecule has 7 atom stereocenters. The van der Waals surface area contributed by atoms with Gasteiger partial charge >= 0.3 is 0 Å². The molecule has 16 heteroatoms. The van der Waals surface area contributed by atoms with Crippen LogP contribution in [-0.4, -0.2) is 114 Å². The number of aliphatic hydroxyl groups excluding tert-OH is 2. The molecule has 3 fully saturated rings. The Balaban J connectivity index is 1.22. The van der Waals surface area contributed by atoms with Gasteiger partial charge < -0.3 is 48.4 Å². The predicted octanol–water partition coefficient (Wildman–Crippen LogP) is 7.92. The van der Waals surface area contributed by atoms with E-state index in [0.717, 1.165) is 80.6 Å². The number of non-ortho nitro benzene ring substituents is 1. The molecular formula is C53H64N4O12. The first-order valence-corrected chi connectivity index (χ1v) is 24.6. The van der Waals surface area contributed by atoms with E-state index in [9.17, 15) is 20.3 Å². The molecule has 7 unspecified atom stereocenters. The van der Waals surface area contributed by atoms with E-state index in [-0.39, 0.29) is 68.9 Å². The second-order valence-electron chi connectivity index (χ2n) is 18.7. The van der Waals surface area contributed by atoms with E-state index < -0.39 is 29.0 Å². The van der Waals surface area contributed by atoms with Crippen LogP contribution in [0, 0.1) is 27.9 Å². The Morgan fingerprint density at radius 1 is 0.986 bits per heavy atom. The van der Waals surface area contributed by atoms with Gasteiger partial charge in [-0.05, 0) is 116 Å². The molecule has 0 radical (unpaired) electrons. The molecule has 1 saturated carbocycles. The third-order valence-electron chi connectivity index (χ3n) is 14.3. The highest BCUT2D eigenvalue weighted by molar-refractivity contribution is 6.03. The van der Waals surface area contributed by atoms with Crippen molar-refractivity contribution >= 4 is 23.4 Å². The molecule has 0 bridgehead atoms. The molecule has 3 aromatic carbocycles. The summed E-state index contributed by atoms with van der Waals surface area (Å²) in [6, 6.07) is 16.8. The van der Waals surface area contributed by atoms with Gasteiger partial charge in [0.2, 0.25) is 24.8 Å². The zero-order chi connectivity index (χ0) is 47.7. The molecule has 2 N–H and O–H groups in total. The number of unbranched alkanes of at least 4 members (excludes halogenated alkanes) is 2. The van der Waals surface area contributed by atoms with Gasteiger partial charge in [-0.15, -0.1) is 6.58 Å². The number of hydrogen-bond donors (Lipinski definition) is 2. The van der Waals surface area contributed by atoms with Crippen LogP contribution < -0.4 is 18.9 Å². The number of nitro groups is 1. The van der Waals surface area contributed by atoms with E-state index in [1.165, 1.54) is 18.2 Å². The first-order chi connectivity index (χ1) is 33.8. The normalized spacial score (nSPS) is 26.1. The van der Waals surface area contributed by atoms with Gasteiger partial charge in [-0.2, -0.15) is 0 Å². The van der Waals surface area contributed by atoms with Crippen molar-refractivity contribution in [2.75, 3.05) is 59.5 Å². The molecular weight excluding hydrogens is 885 g/mol. The molecule has 4 aliphatic heterocycles. The minimum atomic E-state index is -1.52. The monoisotopic (exact) mass is 948 g/mol. The number of benzene rings is 3. The third-order valence-corrected chi connectivity index (χ3v) is 14.3. The summed E-state index contributed by atoms with van der Waals surface area (Å²) < 4.78 is 38.7. The number of rotatable bonds is 23. The molecule has 0 aromatic heterocycles. The quantitative estimate of drug-likeness (QED) is 0.0234. The zero-order valence-electron chi connectivity index (χ0n) is 39.2. The standard InChI is InChI=1S/C53H64N4O12/c1-2-27-67-53-48(56(34-37-14-19-46-47(30-37)66-35-65-46)49(60)21-15-36-12-16-39(17-13-36)57(61)62)33-44(54-69-50-11-5-8-28-64-50)42-31-38(9-3-6-25-58)41(10-4-7-26-59)51(52(42)53)43-32-40(18-20-45(43)68-53)63-29-24-55-22-23-55/h2,12-21,30-32,38,41,48,50-52,58-59H,1,3-11,22-29,33-35H2. The lowest BCUT2D eigenvalue weighted by molar-refractivity contribution is -0.384. The average Bonchev–Trinajstić information content (AvgIpc) is 4.08. The van der Waals surface area contributed by atoms with Gasteiger partial charge in [-0.3, -0.25) is 19.8 Å². The van der Waals surface area contributed by atoms with E-state index >= 15 is 4.79 Å².